The number of rotatable bonds is 3. The molecule has 9 heavy (non-hydrogen) atoms. The first-order valence-electron chi connectivity index (χ1n) is 3.79. The molecule has 0 bridgehead atoms. The first-order chi connectivity index (χ1) is 4.34. The first-order valence-corrected chi connectivity index (χ1v) is 3.79. The van der Waals surface area contributed by atoms with E-state index in [0.29, 0.717) is 12.0 Å². The summed E-state index contributed by atoms with van der Waals surface area (Å²) in [6.07, 6.45) is 4.16. The van der Waals surface area contributed by atoms with E-state index < -0.39 is 0 Å². The van der Waals surface area contributed by atoms with Crippen molar-refractivity contribution in [3.63, 3.8) is 0 Å². The highest BCUT2D eigenvalue weighted by molar-refractivity contribution is 4.77. The Bertz CT molecular complexity index is 76.6. The van der Waals surface area contributed by atoms with Crippen molar-refractivity contribution in [3.05, 3.63) is 6.92 Å². The molecular weight excluding hydrogens is 112 g/mol. The fourth-order valence-corrected chi connectivity index (χ4v) is 1.18. The molecule has 1 radical (unpaired) electrons. The number of hydrogen-bond donors (Lipinski definition) is 0. The summed E-state index contributed by atoms with van der Waals surface area (Å²) in [5, 5.41) is 0. The highest BCUT2D eigenvalue weighted by Crippen LogP contribution is 2.22. The lowest BCUT2D eigenvalue weighted by Crippen LogP contribution is -2.33. The summed E-state index contributed by atoms with van der Waals surface area (Å²) in [5.74, 6) is 0.545. The maximum atomic E-state index is 5.28. The largest absolute Gasteiger partial charge is 0.378 e. The van der Waals surface area contributed by atoms with Crippen molar-refractivity contribution in [1.29, 1.82) is 0 Å². The van der Waals surface area contributed by atoms with Gasteiger partial charge in [0.2, 0.25) is 0 Å². The summed E-state index contributed by atoms with van der Waals surface area (Å²) in [5.41, 5.74) is 0. The second-order valence-electron chi connectivity index (χ2n) is 2.75. The van der Waals surface area contributed by atoms with Crippen LogP contribution in [0.25, 0.3) is 0 Å². The van der Waals surface area contributed by atoms with Crippen LogP contribution in [-0.4, -0.2) is 12.7 Å². The maximum Gasteiger partial charge on any atom is 0.0625 e. The van der Waals surface area contributed by atoms with Gasteiger partial charge in [-0.25, -0.2) is 0 Å². The van der Waals surface area contributed by atoms with E-state index in [2.05, 4.69) is 13.8 Å². The fourth-order valence-electron chi connectivity index (χ4n) is 1.18. The predicted molar refractivity (Wildman–Crippen MR) is 38.1 cm³/mol. The third kappa shape index (κ3) is 1.68. The zero-order valence-electron chi connectivity index (χ0n) is 6.10. The quantitative estimate of drug-likeness (QED) is 0.563. The molecule has 0 aliphatic carbocycles. The number of ether oxygens (including phenoxy) is 1. The van der Waals surface area contributed by atoms with E-state index in [1.54, 1.807) is 0 Å². The molecule has 1 fully saturated rings. The second-order valence-corrected chi connectivity index (χ2v) is 2.75. The van der Waals surface area contributed by atoms with Gasteiger partial charge in [0, 0.05) is 6.61 Å². The summed E-state index contributed by atoms with van der Waals surface area (Å²) in [6.45, 7) is 7.17. The molecule has 0 aromatic carbocycles. The van der Waals surface area contributed by atoms with Crippen LogP contribution in [0.1, 0.15) is 26.2 Å². The van der Waals surface area contributed by atoms with Gasteiger partial charge in [-0.1, -0.05) is 13.3 Å². The van der Waals surface area contributed by atoms with Gasteiger partial charge in [0.05, 0.1) is 6.10 Å². The minimum absolute atomic E-state index is 0.491. The average Bonchev–Trinajstić information content (AvgIpc) is 1.60. The van der Waals surface area contributed by atoms with Gasteiger partial charge < -0.3 is 4.74 Å². The van der Waals surface area contributed by atoms with E-state index in [9.17, 15) is 0 Å². The van der Waals surface area contributed by atoms with Crippen molar-refractivity contribution in [3.8, 4) is 0 Å². The van der Waals surface area contributed by atoms with Crippen molar-refractivity contribution in [2.24, 2.45) is 5.92 Å². The summed E-state index contributed by atoms with van der Waals surface area (Å²) in [7, 11) is 0. The highest BCUT2D eigenvalue weighted by Gasteiger charge is 2.23. The molecule has 1 nitrogen and oxygen atoms in total. The molecule has 1 heterocycles. The zero-order valence-corrected chi connectivity index (χ0v) is 6.10. The summed E-state index contributed by atoms with van der Waals surface area (Å²) >= 11 is 0. The minimum Gasteiger partial charge on any atom is -0.378 e. The molecule has 0 saturated carbocycles. The Morgan fingerprint density at radius 1 is 1.78 bits per heavy atom. The molecule has 0 amide bonds. The van der Waals surface area contributed by atoms with Crippen LogP contribution in [0.2, 0.25) is 0 Å². The number of hydrogen-bond acceptors (Lipinski definition) is 1. The van der Waals surface area contributed by atoms with Gasteiger partial charge in [-0.05, 0) is 25.7 Å². The van der Waals surface area contributed by atoms with E-state index in [1.165, 1.54) is 19.3 Å². The van der Waals surface area contributed by atoms with Crippen LogP contribution >= 0.6 is 0 Å². The molecule has 2 atom stereocenters. The Morgan fingerprint density at radius 3 is 2.78 bits per heavy atom. The molecule has 1 aliphatic rings. The molecule has 0 N–H and O–H groups in total. The topological polar surface area (TPSA) is 9.23 Å². The third-order valence-electron chi connectivity index (χ3n) is 1.92. The van der Waals surface area contributed by atoms with Crippen molar-refractivity contribution in [2.45, 2.75) is 32.3 Å². The van der Waals surface area contributed by atoms with Crippen LogP contribution in [0.3, 0.4) is 0 Å². The normalized spacial score (nSPS) is 29.3. The van der Waals surface area contributed by atoms with Crippen LogP contribution in [0, 0.1) is 12.8 Å². The fraction of sp³-hybridized carbons (Fsp3) is 0.875. The van der Waals surface area contributed by atoms with Crippen molar-refractivity contribution >= 4 is 0 Å². The van der Waals surface area contributed by atoms with Gasteiger partial charge in [-0.3, -0.25) is 0 Å². The smallest absolute Gasteiger partial charge is 0.0625 e. The Labute approximate surface area is 57.4 Å². The van der Waals surface area contributed by atoms with Gasteiger partial charge in [-0.15, -0.1) is 0 Å². The molecule has 0 aromatic heterocycles. The zero-order chi connectivity index (χ0) is 6.69. The predicted octanol–water partition coefficient (Wildman–Crippen LogP) is 2.03. The Hall–Kier alpha value is -0.0400. The van der Waals surface area contributed by atoms with Gasteiger partial charge >= 0.3 is 0 Å². The van der Waals surface area contributed by atoms with Crippen LogP contribution in [0.4, 0.5) is 0 Å². The molecule has 1 aliphatic heterocycles. The van der Waals surface area contributed by atoms with Crippen LogP contribution in [0.15, 0.2) is 0 Å². The van der Waals surface area contributed by atoms with Crippen molar-refractivity contribution in [2.75, 3.05) is 6.61 Å². The highest BCUT2D eigenvalue weighted by atomic mass is 16.5. The van der Waals surface area contributed by atoms with E-state index in [-0.39, 0.29) is 0 Å². The van der Waals surface area contributed by atoms with Crippen molar-refractivity contribution in [1.82, 2.24) is 0 Å². The molecule has 1 saturated heterocycles. The Balaban J connectivity index is 2.08. The molecule has 0 aromatic rings. The molecule has 1 rings (SSSR count). The summed E-state index contributed by atoms with van der Waals surface area (Å²) in [6, 6.07) is 0. The lowest BCUT2D eigenvalue weighted by Gasteiger charge is -2.31. The SMILES string of the molecule is [CH2]C(CCC)C1CCO1. The van der Waals surface area contributed by atoms with E-state index >= 15 is 0 Å². The van der Waals surface area contributed by atoms with Gasteiger partial charge in [-0.2, -0.15) is 0 Å². The lowest BCUT2D eigenvalue weighted by molar-refractivity contribution is -0.0760. The van der Waals surface area contributed by atoms with Crippen LogP contribution in [0.5, 0.6) is 0 Å². The summed E-state index contributed by atoms with van der Waals surface area (Å²) < 4.78 is 5.28. The van der Waals surface area contributed by atoms with Gasteiger partial charge in [0.1, 0.15) is 0 Å². The summed E-state index contributed by atoms with van der Waals surface area (Å²) in [4.78, 5) is 0. The molecule has 2 unspecified atom stereocenters. The molecule has 53 valence electrons. The van der Waals surface area contributed by atoms with Crippen molar-refractivity contribution < 1.29 is 4.74 Å². The first kappa shape index (κ1) is 7.07. The Kier molecular flexibility index (Phi) is 2.52. The van der Waals surface area contributed by atoms with Gasteiger partial charge in [0.15, 0.2) is 0 Å². The molecule has 0 spiro atoms. The van der Waals surface area contributed by atoms with E-state index in [0.717, 1.165) is 6.61 Å². The monoisotopic (exact) mass is 127 g/mol. The second kappa shape index (κ2) is 3.21. The average molecular weight is 127 g/mol. The third-order valence-corrected chi connectivity index (χ3v) is 1.92. The van der Waals surface area contributed by atoms with Gasteiger partial charge in [0.25, 0.3) is 0 Å². The standard InChI is InChI=1S/C8H15O/c1-3-4-7(2)8-5-6-9-8/h7-8H,2-6H2,1H3. The maximum absolute atomic E-state index is 5.28. The molecular formula is C8H15O. The van der Waals surface area contributed by atoms with Crippen LogP contribution in [-0.2, 0) is 4.74 Å². The van der Waals surface area contributed by atoms with Crippen LogP contribution < -0.4 is 0 Å². The lowest BCUT2D eigenvalue weighted by atomic mass is 9.94. The Morgan fingerprint density at radius 2 is 2.44 bits per heavy atom. The van der Waals surface area contributed by atoms with E-state index in [4.69, 9.17) is 4.74 Å². The minimum atomic E-state index is 0.491. The molecule has 1 heteroatoms. The van der Waals surface area contributed by atoms with E-state index in [1.807, 2.05) is 0 Å².